The molecular weight excluding hydrogens is 1030 g/mol. The van der Waals surface area contributed by atoms with Crippen molar-refractivity contribution in [2.75, 3.05) is 4.90 Å². The van der Waals surface area contributed by atoms with E-state index in [0.717, 1.165) is 39.7 Å². The lowest BCUT2D eigenvalue weighted by atomic mass is 9.66. The van der Waals surface area contributed by atoms with Gasteiger partial charge in [-0.3, -0.25) is 0 Å². The molecule has 3 aliphatic carbocycles. The van der Waals surface area contributed by atoms with Crippen LogP contribution in [0, 0.1) is 0 Å². The van der Waals surface area contributed by atoms with Gasteiger partial charge in [-0.15, -0.1) is 0 Å². The van der Waals surface area contributed by atoms with E-state index in [1.807, 2.05) is 11.8 Å². The highest BCUT2D eigenvalue weighted by atomic mass is 32.2. The van der Waals surface area contributed by atoms with E-state index in [2.05, 4.69) is 314 Å². The van der Waals surface area contributed by atoms with Gasteiger partial charge in [0.25, 0.3) is 0 Å². The summed E-state index contributed by atoms with van der Waals surface area (Å²) in [4.78, 5) is 5.09. The number of ether oxygens (including phenoxy) is 1. The molecule has 84 heavy (non-hydrogen) atoms. The van der Waals surface area contributed by atoms with E-state index in [0.29, 0.717) is 0 Å². The maximum absolute atomic E-state index is 6.75. The van der Waals surface area contributed by atoms with Crippen molar-refractivity contribution < 1.29 is 4.74 Å². The van der Waals surface area contributed by atoms with Gasteiger partial charge in [0.1, 0.15) is 11.5 Å². The van der Waals surface area contributed by atoms with Gasteiger partial charge in [0.2, 0.25) is 0 Å². The van der Waals surface area contributed by atoms with Crippen molar-refractivity contribution in [3.8, 4) is 56.0 Å². The molecule has 0 fully saturated rings. The van der Waals surface area contributed by atoms with Crippen molar-refractivity contribution in [1.82, 2.24) is 0 Å². The van der Waals surface area contributed by atoms with Gasteiger partial charge in [0, 0.05) is 38.0 Å². The van der Waals surface area contributed by atoms with E-state index in [4.69, 9.17) is 4.74 Å². The van der Waals surface area contributed by atoms with Gasteiger partial charge in [-0.2, -0.15) is 0 Å². The number of hydrogen-bond donors (Lipinski definition) is 0. The first kappa shape index (κ1) is 47.4. The van der Waals surface area contributed by atoms with Crippen LogP contribution in [-0.4, -0.2) is 0 Å². The minimum atomic E-state index is -0.582. The summed E-state index contributed by atoms with van der Waals surface area (Å²) in [6.07, 6.45) is 0. The zero-order valence-corrected chi connectivity index (χ0v) is 46.5. The number of fused-ring (bicyclic) bond motifs is 21. The van der Waals surface area contributed by atoms with Crippen molar-refractivity contribution in [3.63, 3.8) is 0 Å². The molecule has 392 valence electrons. The second kappa shape index (κ2) is 17.9. The predicted molar refractivity (Wildman–Crippen MR) is 343 cm³/mol. The Labute approximate surface area is 493 Å². The highest BCUT2D eigenvalue weighted by Crippen LogP contribution is 2.65. The molecular formula is C81H51NOS. The zero-order chi connectivity index (χ0) is 55.1. The molecule has 0 amide bonds. The van der Waals surface area contributed by atoms with Crippen LogP contribution in [0.1, 0.15) is 66.8 Å². The van der Waals surface area contributed by atoms with Gasteiger partial charge in [-0.25, -0.2) is 0 Å². The van der Waals surface area contributed by atoms with Crippen molar-refractivity contribution in [1.29, 1.82) is 0 Å². The molecule has 3 heteroatoms. The smallest absolute Gasteiger partial charge is 0.132 e. The Balaban J connectivity index is 0.864. The van der Waals surface area contributed by atoms with E-state index >= 15 is 0 Å². The molecule has 2 nitrogen and oxygen atoms in total. The molecule has 2 spiro atoms. The van der Waals surface area contributed by atoms with Crippen molar-refractivity contribution in [2.24, 2.45) is 0 Å². The number of rotatable bonds is 6. The molecule has 18 rings (SSSR count). The first-order valence-electron chi connectivity index (χ1n) is 29.1. The molecule has 0 saturated heterocycles. The molecule has 0 atom stereocenters. The summed E-state index contributed by atoms with van der Waals surface area (Å²) < 4.78 is 6.75. The first-order chi connectivity index (χ1) is 41.7. The molecule has 0 N–H and O–H groups in total. The van der Waals surface area contributed by atoms with Gasteiger partial charge in [-0.1, -0.05) is 260 Å². The molecule has 2 aliphatic heterocycles. The first-order valence-corrected chi connectivity index (χ1v) is 30.0. The second-order valence-corrected chi connectivity index (χ2v) is 24.0. The summed E-state index contributed by atoms with van der Waals surface area (Å²) in [6.45, 7) is 0. The fraction of sp³-hybridized carbons (Fsp3) is 0.0370. The van der Waals surface area contributed by atoms with Crippen molar-refractivity contribution in [2.45, 2.75) is 26.0 Å². The van der Waals surface area contributed by atoms with Gasteiger partial charge in [-0.05, 0) is 161 Å². The number of para-hydroxylation sites is 2. The van der Waals surface area contributed by atoms with Crippen molar-refractivity contribution in [3.05, 3.63) is 376 Å². The van der Waals surface area contributed by atoms with Crippen molar-refractivity contribution >= 4 is 28.8 Å². The van der Waals surface area contributed by atoms with Gasteiger partial charge < -0.3 is 9.64 Å². The second-order valence-electron chi connectivity index (χ2n) is 22.9. The normalized spacial score (nSPS) is 14.8. The van der Waals surface area contributed by atoms with Crippen LogP contribution in [-0.2, 0) is 16.2 Å². The maximum Gasteiger partial charge on any atom is 0.132 e. The summed E-state index contributed by atoms with van der Waals surface area (Å²) in [6, 6.07) is 116. The van der Waals surface area contributed by atoms with Gasteiger partial charge >= 0.3 is 0 Å². The lowest BCUT2D eigenvalue weighted by Crippen LogP contribution is -2.32. The zero-order valence-electron chi connectivity index (χ0n) is 45.7. The van der Waals surface area contributed by atoms with Crippen LogP contribution in [0.3, 0.4) is 0 Å². The summed E-state index contributed by atoms with van der Waals surface area (Å²) in [5.74, 6) is 1.78. The monoisotopic (exact) mass is 1090 g/mol. The molecule has 0 unspecified atom stereocenters. The summed E-state index contributed by atoms with van der Waals surface area (Å²) in [5.41, 5.74) is 26.8. The summed E-state index contributed by atoms with van der Waals surface area (Å²) >= 11 is 1.89. The average Bonchev–Trinajstić information content (AvgIpc) is 2.38. The lowest BCUT2D eigenvalue weighted by Gasteiger charge is -2.40. The van der Waals surface area contributed by atoms with Crippen LogP contribution in [0.15, 0.2) is 319 Å². The van der Waals surface area contributed by atoms with E-state index in [1.165, 1.54) is 110 Å². The number of anilines is 3. The molecule has 0 saturated carbocycles. The number of benzene rings is 13. The Kier molecular flexibility index (Phi) is 10.1. The van der Waals surface area contributed by atoms with E-state index < -0.39 is 16.2 Å². The minimum Gasteiger partial charge on any atom is -0.457 e. The number of hydrogen-bond acceptors (Lipinski definition) is 3. The van der Waals surface area contributed by atoms with Crippen LogP contribution in [0.2, 0.25) is 0 Å². The minimum absolute atomic E-state index is 0.497. The fourth-order valence-corrected chi connectivity index (χ4v) is 17.1. The van der Waals surface area contributed by atoms with E-state index in [9.17, 15) is 0 Å². The van der Waals surface area contributed by atoms with Crippen LogP contribution >= 0.6 is 11.8 Å². The Morgan fingerprint density at radius 2 is 0.667 bits per heavy atom. The van der Waals surface area contributed by atoms with Crippen LogP contribution in [0.5, 0.6) is 11.5 Å². The Morgan fingerprint density at radius 1 is 0.250 bits per heavy atom. The Morgan fingerprint density at radius 3 is 1.29 bits per heavy atom. The third-order valence-corrected chi connectivity index (χ3v) is 20.2. The highest BCUT2D eigenvalue weighted by molar-refractivity contribution is 7.99. The molecule has 13 aromatic rings. The topological polar surface area (TPSA) is 12.5 Å². The summed E-state index contributed by atoms with van der Waals surface area (Å²) in [5, 5.41) is 0. The average molecular weight is 1090 g/mol. The predicted octanol–water partition coefficient (Wildman–Crippen LogP) is 20.5. The van der Waals surface area contributed by atoms with E-state index in [-0.39, 0.29) is 0 Å². The molecule has 0 bridgehead atoms. The largest absolute Gasteiger partial charge is 0.457 e. The third kappa shape index (κ3) is 6.21. The Bertz CT molecular complexity index is 4740. The molecule has 0 aromatic heterocycles. The van der Waals surface area contributed by atoms with Crippen LogP contribution in [0.25, 0.3) is 44.5 Å². The Hall–Kier alpha value is -10.2. The molecule has 13 aromatic carbocycles. The molecule has 5 aliphatic rings. The van der Waals surface area contributed by atoms with Crippen LogP contribution in [0.4, 0.5) is 17.1 Å². The maximum atomic E-state index is 6.75. The van der Waals surface area contributed by atoms with E-state index in [1.54, 1.807) is 0 Å². The SMILES string of the molecule is c1ccc(C2(c3ccccc3)c3ccccc3-c3c(-c4ccc(N(c5ccc6c(c5)-c5ccccc5C65c6ccccc6Oc6ccccc65)c5ccc6c(c5)C5(c7ccccc7Sc7ccccc75)c5ccccc5-6)cc4)cccc32)cc1. The fourth-order valence-electron chi connectivity index (χ4n) is 15.9. The molecule has 2 heterocycles. The quantitative estimate of drug-likeness (QED) is 0.165. The third-order valence-electron chi connectivity index (χ3n) is 19.1. The van der Waals surface area contributed by atoms with Gasteiger partial charge in [0.05, 0.1) is 16.2 Å². The standard InChI is InChI=1S/C81H51NOS/c1-3-22-53(23-4-1)79(54-24-5-2-6-25-54)66-32-12-9-28-62(66)78-58(29-21-37-72(78)79)52-42-44-55(45-43-52)82(56-47-49-67-63(50-56)60-27-8-11-31-65(60)80(67)68-33-13-17-38-74(68)83-75-39-18-14-34-69(75)80)57-46-48-61-59-26-7-10-30-64(59)81(73(61)51-57)70-35-15-19-40-76(70)84-77-41-20-16-36-71(77)81/h1-51H. The number of nitrogens with zero attached hydrogens (tertiary/aromatic N) is 1. The van der Waals surface area contributed by atoms with Gasteiger partial charge in [0.15, 0.2) is 0 Å². The molecule has 0 radical (unpaired) electrons. The summed E-state index contributed by atoms with van der Waals surface area (Å²) in [7, 11) is 0. The lowest BCUT2D eigenvalue weighted by molar-refractivity contribution is 0.436. The highest BCUT2D eigenvalue weighted by Gasteiger charge is 2.53. The van der Waals surface area contributed by atoms with Crippen LogP contribution < -0.4 is 9.64 Å².